The molecule has 344 valence electrons. The van der Waals surface area contributed by atoms with E-state index in [1.807, 2.05) is 6.07 Å². The molecule has 4 aromatic carbocycles. The maximum atomic E-state index is 12.6. The monoisotopic (exact) mass is 934 g/mol. The van der Waals surface area contributed by atoms with Crippen LogP contribution in [0.15, 0.2) is 94.7 Å². The van der Waals surface area contributed by atoms with Crippen molar-refractivity contribution in [3.05, 3.63) is 96.1 Å². The predicted molar refractivity (Wildman–Crippen MR) is 251 cm³/mol. The number of phenols is 1. The number of ether oxygens (including phenoxy) is 2. The summed E-state index contributed by atoms with van der Waals surface area (Å²) in [4.78, 5) is -1.12. The minimum Gasteiger partial charge on any atom is -0.869 e. The molecule has 0 saturated carbocycles. The second kappa shape index (κ2) is 31.9. The smallest absolute Gasteiger partial charge is 0.869 e. The summed E-state index contributed by atoms with van der Waals surface area (Å²) in [5.74, 6) is -0.680. The zero-order chi connectivity index (χ0) is 45.1. The molecule has 0 bridgehead atoms. The molecule has 4 rings (SSSR count). The Bertz CT molecular complexity index is 1910. The van der Waals surface area contributed by atoms with Gasteiger partial charge in [-0.25, -0.2) is 8.42 Å². The number of phenolic OH excluding ortho intramolecular Hbond substituents is 1. The molecule has 0 fully saturated rings. The van der Waals surface area contributed by atoms with Gasteiger partial charge in [0.25, 0.3) is 10.1 Å². The van der Waals surface area contributed by atoms with E-state index < -0.39 is 41.5 Å². The number of rotatable bonds is 30. The summed E-state index contributed by atoms with van der Waals surface area (Å²) in [6.45, 7) is 4.45. The molecular weight excluding hydrogens is 865 g/mol. The summed E-state index contributed by atoms with van der Waals surface area (Å²) in [6.07, 6.45) is 27.1. The first kappa shape index (κ1) is 56.3. The van der Waals surface area contributed by atoms with E-state index >= 15 is 0 Å². The predicted octanol–water partition coefficient (Wildman–Crippen LogP) is 13.2. The van der Waals surface area contributed by atoms with Crippen molar-refractivity contribution < 1.29 is 45.6 Å². The van der Waals surface area contributed by atoms with Crippen LogP contribution in [-0.4, -0.2) is 68.8 Å². The normalized spacial score (nSPS) is 11.4. The molecule has 4 aromatic rings. The van der Waals surface area contributed by atoms with Crippen molar-refractivity contribution in [1.29, 1.82) is 0 Å². The summed E-state index contributed by atoms with van der Waals surface area (Å²) >= 11 is 0. The molecule has 13 heteroatoms. The average Bonchev–Trinajstić information content (AvgIpc) is 3.24. The van der Waals surface area contributed by atoms with Crippen LogP contribution in [0.2, 0.25) is 0 Å². The van der Waals surface area contributed by atoms with Crippen LogP contribution >= 0.6 is 0 Å². The minimum atomic E-state index is -4.89. The number of hydrogen-bond donors (Lipinski definition) is 2. The van der Waals surface area contributed by atoms with Crippen LogP contribution in [0.3, 0.4) is 0 Å². The van der Waals surface area contributed by atoms with Crippen LogP contribution in [0.5, 0.6) is 34.5 Å². The molecule has 0 saturated heterocycles. The Morgan fingerprint density at radius 3 is 1.17 bits per heavy atom. The van der Waals surface area contributed by atoms with Crippen molar-refractivity contribution in [2.75, 3.05) is 0 Å². The van der Waals surface area contributed by atoms with Gasteiger partial charge in [-0.3, -0.25) is 4.55 Å². The maximum absolute atomic E-state index is 12.6. The second-order valence-corrected chi connectivity index (χ2v) is 18.8. The van der Waals surface area contributed by atoms with Crippen molar-refractivity contribution in [2.45, 2.75) is 178 Å². The Kier molecular flexibility index (Phi) is 28.5. The van der Waals surface area contributed by atoms with Crippen molar-refractivity contribution >= 4 is 58.0 Å². The van der Waals surface area contributed by atoms with E-state index in [1.165, 1.54) is 108 Å². The molecule has 0 atom stereocenters. The third kappa shape index (κ3) is 22.3. The molecule has 0 spiro atoms. The molecule has 10 nitrogen and oxygen atoms in total. The maximum Gasteiger partial charge on any atom is 2.00 e. The fourth-order valence-electron chi connectivity index (χ4n) is 7.49. The molecule has 2 N–H and O–H groups in total. The Hall–Kier alpha value is -2.84. The van der Waals surface area contributed by atoms with Crippen LogP contribution in [-0.2, 0) is 33.1 Å². The van der Waals surface area contributed by atoms with E-state index in [4.69, 9.17) is 9.47 Å². The molecule has 0 aliphatic carbocycles. The third-order valence-corrected chi connectivity index (χ3v) is 12.8. The third-order valence-electron chi connectivity index (χ3n) is 10.9. The van der Waals surface area contributed by atoms with Gasteiger partial charge in [0.15, 0.2) is 11.5 Å². The molecule has 0 aliphatic rings. The van der Waals surface area contributed by atoms with E-state index in [9.17, 15) is 36.2 Å². The molecule has 0 unspecified atom stereocenters. The van der Waals surface area contributed by atoms with Crippen molar-refractivity contribution in [1.82, 2.24) is 0 Å². The summed E-state index contributed by atoms with van der Waals surface area (Å²) in [6, 6.07) is 23.5. The summed E-state index contributed by atoms with van der Waals surface area (Å²) in [7, 11) is -9.46. The van der Waals surface area contributed by atoms with Gasteiger partial charge in [-0.05, 0) is 79.0 Å². The van der Waals surface area contributed by atoms with Crippen LogP contribution in [0.25, 0.3) is 0 Å². The van der Waals surface area contributed by atoms with Crippen LogP contribution in [0, 0.1) is 0 Å². The summed E-state index contributed by atoms with van der Waals surface area (Å²) in [5, 5.41) is 23.1. The summed E-state index contributed by atoms with van der Waals surface area (Å²) in [5.41, 5.74) is 0.702. The van der Waals surface area contributed by atoms with Gasteiger partial charge in [-0.15, -0.1) is 0 Å². The number of aromatic hydroxyl groups is 1. The molecular formula is C50H70CaO10S2. The number of aryl methyl sites for hydroxylation is 2. The van der Waals surface area contributed by atoms with Crippen molar-refractivity contribution in [3.63, 3.8) is 0 Å². The van der Waals surface area contributed by atoms with E-state index in [-0.39, 0.29) is 54.8 Å². The van der Waals surface area contributed by atoms with Crippen LogP contribution < -0.4 is 14.6 Å². The van der Waals surface area contributed by atoms with Gasteiger partial charge in [0.1, 0.15) is 32.3 Å². The molecule has 63 heavy (non-hydrogen) atoms. The minimum absolute atomic E-state index is 0. The summed E-state index contributed by atoms with van der Waals surface area (Å²) < 4.78 is 79.9. The first-order valence-corrected chi connectivity index (χ1v) is 25.8. The van der Waals surface area contributed by atoms with Gasteiger partial charge >= 0.3 is 37.7 Å². The fraction of sp³-hybridized carbons (Fsp3) is 0.520. The average molecular weight is 935 g/mol. The molecule has 0 heterocycles. The molecule has 0 radical (unpaired) electrons. The topological polar surface area (TPSA) is 173 Å². The van der Waals surface area contributed by atoms with Gasteiger partial charge < -0.3 is 24.2 Å². The van der Waals surface area contributed by atoms with Gasteiger partial charge in [0.2, 0.25) is 0 Å². The zero-order valence-corrected chi connectivity index (χ0v) is 41.6. The Morgan fingerprint density at radius 2 is 0.810 bits per heavy atom. The zero-order valence-electron chi connectivity index (χ0n) is 37.7. The van der Waals surface area contributed by atoms with Crippen molar-refractivity contribution in [3.8, 4) is 34.5 Å². The van der Waals surface area contributed by atoms with Gasteiger partial charge in [0.05, 0.1) is 4.90 Å². The van der Waals surface area contributed by atoms with E-state index in [0.717, 1.165) is 44.9 Å². The quantitative estimate of drug-likeness (QED) is 0.0291. The number of para-hydroxylation sites is 2. The number of unbranched alkanes of at least 4 members (excludes halogenated alkanes) is 20. The van der Waals surface area contributed by atoms with Crippen molar-refractivity contribution in [2.24, 2.45) is 0 Å². The van der Waals surface area contributed by atoms with Gasteiger partial charge in [-0.1, -0.05) is 191 Å². The van der Waals surface area contributed by atoms with E-state index in [1.54, 1.807) is 66.7 Å². The van der Waals surface area contributed by atoms with E-state index in [0.29, 0.717) is 29.9 Å². The van der Waals surface area contributed by atoms with Crippen LogP contribution in [0.4, 0.5) is 0 Å². The Morgan fingerprint density at radius 1 is 0.476 bits per heavy atom. The largest absolute Gasteiger partial charge is 2.00 e. The number of benzene rings is 4. The Labute approximate surface area is 408 Å². The molecule has 0 aliphatic heterocycles. The van der Waals surface area contributed by atoms with Gasteiger partial charge in [-0.2, -0.15) is 8.42 Å². The van der Waals surface area contributed by atoms with E-state index in [2.05, 4.69) is 13.8 Å². The fourth-order valence-corrected chi connectivity index (χ4v) is 9.15. The number of hydrogen-bond acceptors (Lipinski definition) is 9. The first-order valence-electron chi connectivity index (χ1n) is 22.9. The first-order chi connectivity index (χ1) is 29.9. The van der Waals surface area contributed by atoms with Crippen LogP contribution in [0.1, 0.15) is 166 Å². The SMILES string of the molecule is CCCCCCCCCCCCCc1ccc(Oc2ccccc2)c(O)c1S(=O)(=O)O.CCCCCCCCCCCCCc1ccc(Oc2ccccc2)c([O-])c1S(=O)(=O)[O-].[Ca+2]. The Balaban J connectivity index is 0.000000427. The second-order valence-electron chi connectivity index (χ2n) is 16.1. The molecule has 0 amide bonds. The van der Waals surface area contributed by atoms with Gasteiger partial charge in [0, 0.05) is 0 Å². The standard InChI is InChI=1S/2C25H36O5S.Ca/c2*1-2-3-4-5-6-7-8-9-10-11-13-16-21-19-20-23(24(26)25(21)31(27,28)29)30-22-17-14-12-15-18-22;/h2*12,14-15,17-20,26H,2-11,13,16H2,1H3,(H,27,28,29);/q;;+2/p-2. The molecule has 0 aromatic heterocycles.